The van der Waals surface area contributed by atoms with E-state index in [1.807, 2.05) is 42.5 Å². The van der Waals surface area contributed by atoms with Crippen molar-refractivity contribution in [2.24, 2.45) is 0 Å². The van der Waals surface area contributed by atoms with Crippen molar-refractivity contribution in [3.63, 3.8) is 0 Å². The van der Waals surface area contributed by atoms with Crippen LogP contribution in [0.5, 0.6) is 0 Å². The zero-order valence-electron chi connectivity index (χ0n) is 20.7. The molecule has 8 nitrogen and oxygen atoms in total. The average Bonchev–Trinajstić information content (AvgIpc) is 3.36. The Morgan fingerprint density at radius 3 is 2.40 bits per heavy atom. The molecule has 1 aliphatic heterocycles. The largest absolute Gasteiger partial charge is 0.490 e. The molecule has 5 rings (SSSR count). The maximum Gasteiger partial charge on any atom is 0.490 e. The Morgan fingerprint density at radius 1 is 1.00 bits per heavy atom. The van der Waals surface area contributed by atoms with Crippen LogP contribution in [0.25, 0.3) is 22.5 Å². The molecule has 4 aromatic rings. The molecule has 2 aromatic carbocycles. The van der Waals surface area contributed by atoms with Crippen molar-refractivity contribution in [2.45, 2.75) is 19.0 Å². The topological polar surface area (TPSA) is 124 Å². The van der Waals surface area contributed by atoms with E-state index in [4.69, 9.17) is 9.90 Å². The number of hydrogen-bond acceptors (Lipinski definition) is 4. The summed E-state index contributed by atoms with van der Waals surface area (Å²) in [5.41, 5.74) is 6.40. The number of hydrogen-bond donors (Lipinski definition) is 4. The predicted octanol–water partition coefficient (Wildman–Crippen LogP) is 4.98. The highest BCUT2D eigenvalue weighted by atomic mass is 19.4. The van der Waals surface area contributed by atoms with Gasteiger partial charge in [-0.05, 0) is 48.0 Å². The molecule has 0 spiro atoms. The van der Waals surface area contributed by atoms with Crippen LogP contribution in [0.1, 0.15) is 21.6 Å². The number of anilines is 1. The van der Waals surface area contributed by atoms with Crippen LogP contribution in [0.2, 0.25) is 0 Å². The Bertz CT molecular complexity index is 1550. The highest BCUT2D eigenvalue weighted by Crippen LogP contribution is 2.28. The number of H-pyrrole nitrogens is 1. The van der Waals surface area contributed by atoms with E-state index in [0.29, 0.717) is 17.8 Å². The second-order valence-corrected chi connectivity index (χ2v) is 8.75. The molecule has 0 fully saturated rings. The Labute approximate surface area is 225 Å². The van der Waals surface area contributed by atoms with Gasteiger partial charge in [-0.15, -0.1) is 0 Å². The van der Waals surface area contributed by atoms with Crippen molar-refractivity contribution in [1.29, 1.82) is 0 Å². The molecular weight excluding hydrogens is 532 g/mol. The van der Waals surface area contributed by atoms with Crippen LogP contribution in [-0.2, 0) is 22.4 Å². The van der Waals surface area contributed by atoms with Crippen LogP contribution in [0.4, 0.5) is 23.2 Å². The SMILES string of the molecule is O=C(Cc1ccc(F)cc1)Nc1cccc(-c2cc(-c3cc4c([nH]3)CCNC4=O)ccn2)c1.O=C(O)C(F)(F)F. The average molecular weight is 555 g/mol. The smallest absolute Gasteiger partial charge is 0.475 e. The first-order valence-corrected chi connectivity index (χ1v) is 11.9. The molecule has 2 amide bonds. The number of carboxylic acid groups (broad SMARTS) is 1. The summed E-state index contributed by atoms with van der Waals surface area (Å²) in [6, 6.07) is 19.1. The summed E-state index contributed by atoms with van der Waals surface area (Å²) in [5, 5.41) is 12.9. The number of carboxylic acids is 1. The zero-order chi connectivity index (χ0) is 28.9. The number of aromatic amines is 1. The van der Waals surface area contributed by atoms with Crippen LogP contribution in [-0.4, -0.2) is 45.6 Å². The third-order valence-electron chi connectivity index (χ3n) is 5.84. The quantitative estimate of drug-likeness (QED) is 0.259. The second-order valence-electron chi connectivity index (χ2n) is 8.75. The fourth-order valence-electron chi connectivity index (χ4n) is 3.95. The molecule has 3 heterocycles. The van der Waals surface area contributed by atoms with E-state index in [0.717, 1.165) is 40.2 Å². The molecule has 0 aliphatic carbocycles. The fourth-order valence-corrected chi connectivity index (χ4v) is 3.95. The maximum absolute atomic E-state index is 13.1. The number of nitrogens with one attached hydrogen (secondary N) is 3. The summed E-state index contributed by atoms with van der Waals surface area (Å²) in [6.45, 7) is 0.632. The number of carbonyl (C=O) groups is 3. The van der Waals surface area contributed by atoms with Gasteiger partial charge in [-0.25, -0.2) is 9.18 Å². The van der Waals surface area contributed by atoms with Crippen LogP contribution in [0.3, 0.4) is 0 Å². The molecule has 40 heavy (non-hydrogen) atoms. The molecule has 1 aliphatic rings. The second kappa shape index (κ2) is 11.8. The van der Waals surface area contributed by atoms with E-state index < -0.39 is 12.1 Å². The molecule has 0 radical (unpaired) electrons. The molecule has 206 valence electrons. The Balaban J connectivity index is 0.000000470. The lowest BCUT2D eigenvalue weighted by Crippen LogP contribution is -2.31. The normalized spacial score (nSPS) is 12.4. The van der Waals surface area contributed by atoms with Gasteiger partial charge in [0.25, 0.3) is 5.91 Å². The monoisotopic (exact) mass is 554 g/mol. The lowest BCUT2D eigenvalue weighted by atomic mass is 10.1. The number of alkyl halides is 3. The minimum absolute atomic E-state index is 0.0582. The van der Waals surface area contributed by atoms with E-state index >= 15 is 0 Å². The van der Waals surface area contributed by atoms with Crippen molar-refractivity contribution in [1.82, 2.24) is 15.3 Å². The predicted molar refractivity (Wildman–Crippen MR) is 138 cm³/mol. The van der Waals surface area contributed by atoms with Gasteiger partial charge in [0.1, 0.15) is 5.82 Å². The zero-order valence-corrected chi connectivity index (χ0v) is 20.7. The third kappa shape index (κ3) is 7.10. The summed E-state index contributed by atoms with van der Waals surface area (Å²) < 4.78 is 44.8. The molecule has 0 saturated carbocycles. The van der Waals surface area contributed by atoms with E-state index in [-0.39, 0.29) is 24.1 Å². The first-order chi connectivity index (χ1) is 19.0. The minimum atomic E-state index is -5.08. The first-order valence-electron chi connectivity index (χ1n) is 11.9. The van der Waals surface area contributed by atoms with Gasteiger partial charge in [-0.3, -0.25) is 14.6 Å². The standard InChI is InChI=1S/C26H21FN4O2.C2HF3O2/c27-19-6-4-16(5-7-19)12-25(32)30-20-3-1-2-17(13-20)23-14-18(8-10-28-23)24-15-21-22(31-24)9-11-29-26(21)33;3-2(4,5)1(6)7/h1-8,10,13-15,31H,9,11-12H2,(H,29,33)(H,30,32);(H,6,7). The lowest BCUT2D eigenvalue weighted by molar-refractivity contribution is -0.192. The highest BCUT2D eigenvalue weighted by molar-refractivity contribution is 5.98. The Morgan fingerprint density at radius 2 is 1.73 bits per heavy atom. The van der Waals surface area contributed by atoms with Gasteiger partial charge in [0.15, 0.2) is 0 Å². The molecule has 4 N–H and O–H groups in total. The summed E-state index contributed by atoms with van der Waals surface area (Å²) in [5.74, 6) is -3.33. The van der Waals surface area contributed by atoms with Crippen LogP contribution in [0, 0.1) is 5.82 Å². The van der Waals surface area contributed by atoms with E-state index in [9.17, 15) is 27.2 Å². The molecule has 0 saturated heterocycles. The van der Waals surface area contributed by atoms with Crippen molar-refractivity contribution in [3.8, 4) is 22.5 Å². The van der Waals surface area contributed by atoms with Crippen molar-refractivity contribution >= 4 is 23.5 Å². The molecule has 12 heteroatoms. The number of carbonyl (C=O) groups excluding carboxylic acids is 2. The maximum atomic E-state index is 13.1. The van der Waals surface area contributed by atoms with Crippen molar-refractivity contribution in [3.05, 3.63) is 95.6 Å². The molecular formula is C28H22F4N4O4. The molecule has 0 atom stereocenters. The van der Waals surface area contributed by atoms with Crippen LogP contribution >= 0.6 is 0 Å². The van der Waals surface area contributed by atoms with Crippen LogP contribution in [0.15, 0.2) is 72.9 Å². The van der Waals surface area contributed by atoms with Gasteiger partial charge >= 0.3 is 12.1 Å². The number of rotatable bonds is 5. The Hall–Kier alpha value is -5.00. The number of nitrogens with zero attached hydrogens (tertiary/aromatic N) is 1. The number of aromatic nitrogens is 2. The number of pyridine rings is 1. The number of benzene rings is 2. The highest BCUT2D eigenvalue weighted by Gasteiger charge is 2.38. The summed E-state index contributed by atoms with van der Waals surface area (Å²) in [4.78, 5) is 41.2. The fraction of sp³-hybridized carbons (Fsp3) is 0.143. The van der Waals surface area contributed by atoms with Gasteiger partial charge in [-0.1, -0.05) is 24.3 Å². The minimum Gasteiger partial charge on any atom is -0.475 e. The third-order valence-corrected chi connectivity index (χ3v) is 5.84. The van der Waals surface area contributed by atoms with Crippen molar-refractivity contribution < 1.29 is 37.1 Å². The molecule has 0 bridgehead atoms. The number of aliphatic carboxylic acids is 1. The van der Waals surface area contributed by atoms with Crippen LogP contribution < -0.4 is 10.6 Å². The summed E-state index contributed by atoms with van der Waals surface area (Å²) in [6.07, 6.45) is -2.42. The lowest BCUT2D eigenvalue weighted by Gasteiger charge is -2.11. The van der Waals surface area contributed by atoms with Gasteiger partial charge in [0.2, 0.25) is 5.91 Å². The van der Waals surface area contributed by atoms with E-state index in [1.165, 1.54) is 12.1 Å². The first kappa shape index (κ1) is 28.0. The van der Waals surface area contributed by atoms with E-state index in [2.05, 4.69) is 20.6 Å². The number of halogens is 4. The molecule has 2 aromatic heterocycles. The number of fused-ring (bicyclic) bond motifs is 1. The van der Waals surface area contributed by atoms with Gasteiger partial charge in [0.05, 0.1) is 17.7 Å². The molecule has 0 unspecified atom stereocenters. The van der Waals surface area contributed by atoms with Crippen molar-refractivity contribution in [2.75, 3.05) is 11.9 Å². The van der Waals surface area contributed by atoms with E-state index in [1.54, 1.807) is 18.3 Å². The summed E-state index contributed by atoms with van der Waals surface area (Å²) in [7, 11) is 0. The van der Waals surface area contributed by atoms with Gasteiger partial charge < -0.3 is 20.7 Å². The van der Waals surface area contributed by atoms with Gasteiger partial charge in [0, 0.05) is 47.4 Å². The summed E-state index contributed by atoms with van der Waals surface area (Å²) >= 11 is 0. The van der Waals surface area contributed by atoms with Gasteiger partial charge in [-0.2, -0.15) is 13.2 Å². The Kier molecular flexibility index (Phi) is 8.27. The number of amides is 2.